The lowest BCUT2D eigenvalue weighted by Gasteiger charge is -1.95. The van der Waals surface area contributed by atoms with Gasteiger partial charge in [-0.3, -0.25) is 4.79 Å². The zero-order valence-electron chi connectivity index (χ0n) is 8.46. The van der Waals surface area contributed by atoms with Gasteiger partial charge in [0.15, 0.2) is 5.78 Å². The second kappa shape index (κ2) is 4.77. The average Bonchev–Trinajstić information content (AvgIpc) is 2.80. The van der Waals surface area contributed by atoms with Gasteiger partial charge < -0.3 is 5.11 Å². The first-order valence-corrected chi connectivity index (χ1v) is 5.73. The molecule has 0 amide bonds. The lowest BCUT2D eigenvalue weighted by molar-refractivity contribution is 0.104. The van der Waals surface area contributed by atoms with Crippen molar-refractivity contribution >= 4 is 23.2 Å². The van der Waals surface area contributed by atoms with Crippen molar-refractivity contribution in [2.24, 2.45) is 0 Å². The summed E-state index contributed by atoms with van der Waals surface area (Å²) in [5, 5.41) is 13.0. The third-order valence-electron chi connectivity index (χ3n) is 2.12. The summed E-state index contributed by atoms with van der Waals surface area (Å²) in [4.78, 5) is 11.7. The molecule has 80 valence electrons. The molecule has 0 radical (unpaired) electrons. The Hall–Kier alpha value is -1.87. The minimum Gasteiger partial charge on any atom is -0.508 e. The maximum absolute atomic E-state index is 11.7. The van der Waals surface area contributed by atoms with Gasteiger partial charge in [0.05, 0.1) is 0 Å². The Morgan fingerprint density at radius 3 is 2.56 bits per heavy atom. The maximum Gasteiger partial charge on any atom is 0.185 e. The fraction of sp³-hybridized carbons (Fsp3) is 0. The number of rotatable bonds is 3. The fourth-order valence-electron chi connectivity index (χ4n) is 1.26. The number of aromatic hydroxyl groups is 1. The number of hydrogen-bond donors (Lipinski definition) is 1. The van der Waals surface area contributed by atoms with E-state index in [9.17, 15) is 4.79 Å². The lowest BCUT2D eigenvalue weighted by atomic mass is 10.1. The first kappa shape index (κ1) is 10.6. The molecule has 2 aromatic rings. The number of phenolic OH excluding ortho intramolecular Hbond substituents is 1. The smallest absolute Gasteiger partial charge is 0.185 e. The van der Waals surface area contributed by atoms with E-state index in [1.54, 1.807) is 29.5 Å². The van der Waals surface area contributed by atoms with Crippen molar-refractivity contribution in [2.45, 2.75) is 0 Å². The van der Waals surface area contributed by atoms with Crippen LogP contribution in [0, 0.1) is 0 Å². The molecule has 0 bridgehead atoms. The van der Waals surface area contributed by atoms with E-state index in [-0.39, 0.29) is 11.5 Å². The molecule has 16 heavy (non-hydrogen) atoms. The Balaban J connectivity index is 2.11. The van der Waals surface area contributed by atoms with Gasteiger partial charge in [-0.25, -0.2) is 0 Å². The molecule has 1 aromatic heterocycles. The summed E-state index contributed by atoms with van der Waals surface area (Å²) >= 11 is 1.59. The molecule has 0 unspecified atom stereocenters. The van der Waals surface area contributed by atoms with Crippen molar-refractivity contribution in [1.82, 2.24) is 0 Å². The monoisotopic (exact) mass is 230 g/mol. The highest BCUT2D eigenvalue weighted by Gasteiger charge is 2.00. The van der Waals surface area contributed by atoms with Crippen LogP contribution in [0.1, 0.15) is 15.9 Å². The van der Waals surface area contributed by atoms with Gasteiger partial charge in [0, 0.05) is 5.56 Å². The van der Waals surface area contributed by atoms with Crippen molar-refractivity contribution in [3.05, 3.63) is 58.3 Å². The number of hydrogen-bond acceptors (Lipinski definition) is 3. The van der Waals surface area contributed by atoms with Gasteiger partial charge in [-0.2, -0.15) is 11.3 Å². The molecule has 0 aliphatic carbocycles. The summed E-state index contributed by atoms with van der Waals surface area (Å²) in [6.07, 6.45) is 3.32. The molecule has 0 saturated carbocycles. The topological polar surface area (TPSA) is 37.3 Å². The van der Waals surface area contributed by atoms with Crippen LogP contribution in [-0.2, 0) is 0 Å². The normalized spacial score (nSPS) is 10.8. The van der Waals surface area contributed by atoms with Crippen LogP contribution in [0.2, 0.25) is 0 Å². The Morgan fingerprint density at radius 2 is 1.94 bits per heavy atom. The molecule has 3 heteroatoms. The second-order valence-electron chi connectivity index (χ2n) is 3.30. The molecule has 1 heterocycles. The Labute approximate surface area is 97.5 Å². The van der Waals surface area contributed by atoms with Gasteiger partial charge in [-0.1, -0.05) is 6.08 Å². The number of phenols is 1. The highest BCUT2D eigenvalue weighted by molar-refractivity contribution is 7.08. The minimum absolute atomic E-state index is 0.0637. The van der Waals surface area contributed by atoms with E-state index in [2.05, 4.69) is 0 Å². The van der Waals surface area contributed by atoms with E-state index < -0.39 is 0 Å². The molecular formula is C13H10O2S. The Kier molecular flexibility index (Phi) is 3.17. The third kappa shape index (κ3) is 2.58. The van der Waals surface area contributed by atoms with Crippen molar-refractivity contribution in [2.75, 3.05) is 0 Å². The van der Waals surface area contributed by atoms with Crippen LogP contribution >= 0.6 is 11.3 Å². The molecular weight excluding hydrogens is 220 g/mol. The number of carbonyl (C=O) groups is 1. The van der Waals surface area contributed by atoms with Crippen molar-refractivity contribution in [1.29, 1.82) is 0 Å². The highest BCUT2D eigenvalue weighted by atomic mass is 32.1. The third-order valence-corrected chi connectivity index (χ3v) is 2.82. The number of allylic oxidation sites excluding steroid dienone is 1. The summed E-state index contributed by atoms with van der Waals surface area (Å²) in [6, 6.07) is 8.17. The highest BCUT2D eigenvalue weighted by Crippen LogP contribution is 2.12. The largest absolute Gasteiger partial charge is 0.508 e. The van der Waals surface area contributed by atoms with Crippen molar-refractivity contribution in [3.63, 3.8) is 0 Å². The molecule has 1 N–H and O–H groups in total. The number of carbonyl (C=O) groups excluding carboxylic acids is 1. The summed E-state index contributed by atoms with van der Waals surface area (Å²) < 4.78 is 0. The van der Waals surface area contributed by atoms with Crippen LogP contribution in [0.15, 0.2) is 47.2 Å². The van der Waals surface area contributed by atoms with Crippen molar-refractivity contribution in [3.8, 4) is 5.75 Å². The van der Waals surface area contributed by atoms with Crippen LogP contribution in [0.25, 0.3) is 6.08 Å². The van der Waals surface area contributed by atoms with Gasteiger partial charge in [-0.05, 0) is 52.7 Å². The Morgan fingerprint density at radius 1 is 1.19 bits per heavy atom. The van der Waals surface area contributed by atoms with Crippen LogP contribution in [-0.4, -0.2) is 10.9 Å². The quantitative estimate of drug-likeness (QED) is 0.648. The van der Waals surface area contributed by atoms with Crippen LogP contribution in [0.5, 0.6) is 5.75 Å². The molecule has 2 nitrogen and oxygen atoms in total. The van der Waals surface area contributed by atoms with Gasteiger partial charge in [0.1, 0.15) is 5.75 Å². The lowest BCUT2D eigenvalue weighted by Crippen LogP contribution is -1.92. The van der Waals surface area contributed by atoms with E-state index in [1.807, 2.05) is 16.8 Å². The second-order valence-corrected chi connectivity index (χ2v) is 4.08. The van der Waals surface area contributed by atoms with Crippen LogP contribution in [0.4, 0.5) is 0 Å². The van der Waals surface area contributed by atoms with Gasteiger partial charge in [-0.15, -0.1) is 0 Å². The van der Waals surface area contributed by atoms with Gasteiger partial charge in [0.2, 0.25) is 0 Å². The first-order chi connectivity index (χ1) is 7.75. The number of benzene rings is 1. The van der Waals surface area contributed by atoms with E-state index in [4.69, 9.17) is 5.11 Å². The van der Waals surface area contributed by atoms with Gasteiger partial charge >= 0.3 is 0 Å². The summed E-state index contributed by atoms with van der Waals surface area (Å²) in [6.45, 7) is 0. The van der Waals surface area contributed by atoms with E-state index in [0.717, 1.165) is 5.56 Å². The molecule has 2 rings (SSSR count). The van der Waals surface area contributed by atoms with Crippen molar-refractivity contribution < 1.29 is 9.90 Å². The molecule has 0 aliphatic rings. The molecule has 0 saturated heterocycles. The average molecular weight is 230 g/mol. The fourth-order valence-corrected chi connectivity index (χ4v) is 1.89. The van der Waals surface area contributed by atoms with Crippen LogP contribution < -0.4 is 0 Å². The molecule has 0 spiro atoms. The molecule has 0 atom stereocenters. The first-order valence-electron chi connectivity index (χ1n) is 4.79. The van der Waals surface area contributed by atoms with E-state index in [0.29, 0.717) is 5.56 Å². The molecule has 0 aliphatic heterocycles. The van der Waals surface area contributed by atoms with Gasteiger partial charge in [0.25, 0.3) is 0 Å². The maximum atomic E-state index is 11.7. The van der Waals surface area contributed by atoms with E-state index >= 15 is 0 Å². The summed E-state index contributed by atoms with van der Waals surface area (Å²) in [7, 11) is 0. The number of thiophene rings is 1. The Bertz CT molecular complexity index is 495. The minimum atomic E-state index is -0.0637. The van der Waals surface area contributed by atoms with Crippen LogP contribution in [0.3, 0.4) is 0 Å². The predicted molar refractivity (Wildman–Crippen MR) is 65.8 cm³/mol. The molecule has 0 fully saturated rings. The number of ketones is 1. The zero-order chi connectivity index (χ0) is 11.4. The standard InChI is InChI=1S/C13H10O2S/c14-12-4-2-11(3-5-12)13(15)6-1-10-7-8-16-9-10/h1-9,14H/b6-1+. The zero-order valence-corrected chi connectivity index (χ0v) is 9.28. The molecule has 1 aromatic carbocycles. The van der Waals surface area contributed by atoms with E-state index in [1.165, 1.54) is 18.2 Å². The SMILES string of the molecule is O=C(/C=C/c1ccsc1)c1ccc(O)cc1. The summed E-state index contributed by atoms with van der Waals surface area (Å²) in [5.74, 6) is 0.101. The predicted octanol–water partition coefficient (Wildman–Crippen LogP) is 3.35. The summed E-state index contributed by atoms with van der Waals surface area (Å²) in [5.41, 5.74) is 1.60.